The summed E-state index contributed by atoms with van der Waals surface area (Å²) in [6.45, 7) is 6.42. The van der Waals surface area contributed by atoms with Crippen molar-refractivity contribution in [3.05, 3.63) is 65.0 Å². The standard InChI is InChI=1S/C25H34N4O3/c1-32-11-10-29-15-20(16-29)12-19-6-8-26-24(13-19)25(31)27-14-23(30)18-28-9-7-21-4-2-3-5-22(21)17-28/h2-6,8,13,20,23,30H,7,9-12,14-18H2,1H3,(H,27,31)/t23-/m0/s1. The van der Waals surface area contributed by atoms with E-state index in [0.29, 0.717) is 18.2 Å². The Hall–Kier alpha value is -2.32. The van der Waals surface area contributed by atoms with Crippen LogP contribution in [0, 0.1) is 5.92 Å². The van der Waals surface area contributed by atoms with Gasteiger partial charge in [0.2, 0.25) is 0 Å². The van der Waals surface area contributed by atoms with Crippen molar-refractivity contribution in [2.45, 2.75) is 25.5 Å². The van der Waals surface area contributed by atoms with Crippen LogP contribution in [0.4, 0.5) is 0 Å². The quantitative estimate of drug-likeness (QED) is 0.583. The summed E-state index contributed by atoms with van der Waals surface area (Å²) in [6, 6.07) is 12.3. The molecule has 0 unspecified atom stereocenters. The lowest BCUT2D eigenvalue weighted by Gasteiger charge is -2.39. The van der Waals surface area contributed by atoms with E-state index < -0.39 is 6.10 Å². The molecule has 0 spiro atoms. The van der Waals surface area contributed by atoms with Gasteiger partial charge in [-0.2, -0.15) is 0 Å². The predicted octanol–water partition coefficient (Wildman–Crippen LogP) is 1.35. The molecule has 2 N–H and O–H groups in total. The minimum absolute atomic E-state index is 0.222. The van der Waals surface area contributed by atoms with Crippen LogP contribution in [0.3, 0.4) is 0 Å². The van der Waals surface area contributed by atoms with Crippen molar-refractivity contribution >= 4 is 5.91 Å². The fourth-order valence-electron chi connectivity index (χ4n) is 4.64. The van der Waals surface area contributed by atoms with E-state index in [1.165, 1.54) is 11.1 Å². The van der Waals surface area contributed by atoms with Crippen LogP contribution in [0.1, 0.15) is 27.2 Å². The van der Waals surface area contributed by atoms with Crippen molar-refractivity contribution in [3.63, 3.8) is 0 Å². The van der Waals surface area contributed by atoms with E-state index in [-0.39, 0.29) is 12.5 Å². The van der Waals surface area contributed by atoms with Crippen LogP contribution in [0.25, 0.3) is 0 Å². The van der Waals surface area contributed by atoms with Gasteiger partial charge in [0.1, 0.15) is 5.69 Å². The molecule has 7 nitrogen and oxygen atoms in total. The average Bonchev–Trinajstić information content (AvgIpc) is 2.79. The molecule has 3 heterocycles. The number of nitrogens with zero attached hydrogens (tertiary/aromatic N) is 3. The second-order valence-corrected chi connectivity index (χ2v) is 8.99. The van der Waals surface area contributed by atoms with E-state index in [2.05, 4.69) is 44.4 Å². The van der Waals surface area contributed by atoms with Crippen molar-refractivity contribution in [1.82, 2.24) is 20.1 Å². The Morgan fingerprint density at radius 1 is 1.25 bits per heavy atom. The summed E-state index contributed by atoms with van der Waals surface area (Å²) >= 11 is 0. The molecule has 4 rings (SSSR count). The average molecular weight is 439 g/mol. The lowest BCUT2D eigenvalue weighted by atomic mass is 9.92. The minimum atomic E-state index is -0.611. The Morgan fingerprint density at radius 3 is 2.88 bits per heavy atom. The van der Waals surface area contributed by atoms with Gasteiger partial charge in [0.05, 0.1) is 12.7 Å². The molecule has 7 heteroatoms. The molecule has 0 radical (unpaired) electrons. The van der Waals surface area contributed by atoms with Crippen molar-refractivity contribution in [2.75, 3.05) is 53.0 Å². The number of aliphatic hydroxyl groups excluding tert-OH is 1. The van der Waals surface area contributed by atoms with Gasteiger partial charge in [-0.05, 0) is 47.6 Å². The Balaban J connectivity index is 1.20. The molecule has 0 aliphatic carbocycles. The van der Waals surface area contributed by atoms with Crippen LogP contribution in [-0.4, -0.2) is 84.9 Å². The molecule has 1 fully saturated rings. The van der Waals surface area contributed by atoms with E-state index in [9.17, 15) is 9.90 Å². The van der Waals surface area contributed by atoms with E-state index in [1.807, 2.05) is 12.1 Å². The number of methoxy groups -OCH3 is 1. The molecule has 0 saturated carbocycles. The summed E-state index contributed by atoms with van der Waals surface area (Å²) in [4.78, 5) is 21.4. The molecule has 2 aliphatic heterocycles. The molecule has 1 aromatic heterocycles. The molecule has 1 aromatic carbocycles. The molecule has 2 aromatic rings. The first kappa shape index (κ1) is 22.9. The number of likely N-dealkylation sites (tertiary alicyclic amines) is 1. The molecular weight excluding hydrogens is 404 g/mol. The summed E-state index contributed by atoms with van der Waals surface area (Å²) in [7, 11) is 1.73. The number of β-amino-alcohol motifs (C(OH)–C–C–N with tert-alkyl or cyclic N) is 1. The number of hydrogen-bond acceptors (Lipinski definition) is 6. The van der Waals surface area contributed by atoms with Crippen molar-refractivity contribution < 1.29 is 14.6 Å². The molecule has 1 saturated heterocycles. The number of amides is 1. The Labute approximate surface area is 190 Å². The lowest BCUT2D eigenvalue weighted by molar-refractivity contribution is 0.0648. The molecular formula is C25H34N4O3. The van der Waals surface area contributed by atoms with Gasteiger partial charge in [-0.1, -0.05) is 24.3 Å². The normalized spacial score (nSPS) is 18.1. The zero-order valence-corrected chi connectivity index (χ0v) is 18.9. The fraction of sp³-hybridized carbons (Fsp3) is 0.520. The first-order valence-corrected chi connectivity index (χ1v) is 11.5. The number of carbonyl (C=O) groups excluding carboxylic acids is 1. The third kappa shape index (κ3) is 6.13. The maximum atomic E-state index is 12.6. The van der Waals surface area contributed by atoms with Crippen molar-refractivity contribution in [1.29, 1.82) is 0 Å². The monoisotopic (exact) mass is 438 g/mol. The van der Waals surface area contributed by atoms with Crippen LogP contribution in [0.5, 0.6) is 0 Å². The maximum absolute atomic E-state index is 12.6. The second-order valence-electron chi connectivity index (χ2n) is 8.99. The first-order valence-electron chi connectivity index (χ1n) is 11.5. The van der Waals surface area contributed by atoms with Gasteiger partial charge in [-0.25, -0.2) is 0 Å². The number of aromatic nitrogens is 1. The zero-order chi connectivity index (χ0) is 22.3. The smallest absolute Gasteiger partial charge is 0.269 e. The molecule has 1 atom stereocenters. The van der Waals surface area contributed by atoms with Gasteiger partial charge in [-0.3, -0.25) is 14.7 Å². The van der Waals surface area contributed by atoms with Gasteiger partial charge in [0, 0.05) is 59.1 Å². The van der Waals surface area contributed by atoms with E-state index in [0.717, 1.165) is 57.7 Å². The molecule has 32 heavy (non-hydrogen) atoms. The highest BCUT2D eigenvalue weighted by Crippen LogP contribution is 2.20. The highest BCUT2D eigenvalue weighted by Gasteiger charge is 2.26. The number of nitrogens with one attached hydrogen (secondary N) is 1. The number of benzene rings is 1. The van der Waals surface area contributed by atoms with Gasteiger partial charge < -0.3 is 20.1 Å². The topological polar surface area (TPSA) is 77.9 Å². The Morgan fingerprint density at radius 2 is 2.06 bits per heavy atom. The fourth-order valence-corrected chi connectivity index (χ4v) is 4.64. The number of pyridine rings is 1. The summed E-state index contributed by atoms with van der Waals surface area (Å²) in [6.07, 6.45) is 3.04. The lowest BCUT2D eigenvalue weighted by Crippen LogP contribution is -2.48. The summed E-state index contributed by atoms with van der Waals surface area (Å²) in [5.74, 6) is 0.381. The van der Waals surface area contributed by atoms with Crippen LogP contribution in [0.15, 0.2) is 42.6 Å². The van der Waals surface area contributed by atoms with Gasteiger partial charge in [0.15, 0.2) is 0 Å². The number of hydrogen-bond donors (Lipinski definition) is 2. The van der Waals surface area contributed by atoms with Crippen molar-refractivity contribution in [2.24, 2.45) is 5.92 Å². The van der Waals surface area contributed by atoms with Gasteiger partial charge in [0.25, 0.3) is 5.91 Å². The first-order chi connectivity index (χ1) is 15.6. The van der Waals surface area contributed by atoms with Gasteiger partial charge >= 0.3 is 0 Å². The van der Waals surface area contributed by atoms with E-state index >= 15 is 0 Å². The highest BCUT2D eigenvalue weighted by molar-refractivity contribution is 5.92. The molecule has 0 bridgehead atoms. The van der Waals surface area contributed by atoms with Crippen LogP contribution < -0.4 is 5.32 Å². The highest BCUT2D eigenvalue weighted by atomic mass is 16.5. The summed E-state index contributed by atoms with van der Waals surface area (Å²) < 4.78 is 5.13. The third-order valence-corrected chi connectivity index (χ3v) is 6.40. The molecule has 1 amide bonds. The predicted molar refractivity (Wildman–Crippen MR) is 124 cm³/mol. The zero-order valence-electron chi connectivity index (χ0n) is 18.9. The van der Waals surface area contributed by atoms with Gasteiger partial charge in [-0.15, -0.1) is 0 Å². The number of ether oxygens (including phenoxy) is 1. The van der Waals surface area contributed by atoms with Crippen LogP contribution >= 0.6 is 0 Å². The van der Waals surface area contributed by atoms with E-state index in [1.54, 1.807) is 13.3 Å². The van der Waals surface area contributed by atoms with Crippen molar-refractivity contribution in [3.8, 4) is 0 Å². The number of fused-ring (bicyclic) bond motifs is 1. The summed E-state index contributed by atoms with van der Waals surface area (Å²) in [5.41, 5.74) is 4.26. The largest absolute Gasteiger partial charge is 0.390 e. The molecule has 172 valence electrons. The minimum Gasteiger partial charge on any atom is -0.390 e. The Kier molecular flexibility index (Phi) is 7.86. The maximum Gasteiger partial charge on any atom is 0.269 e. The van der Waals surface area contributed by atoms with Crippen LogP contribution in [0.2, 0.25) is 0 Å². The molecule has 2 aliphatic rings. The SMILES string of the molecule is COCCN1CC(Cc2ccnc(C(=O)NC[C@H](O)CN3CCc4ccccc4C3)c2)C1. The number of rotatable bonds is 10. The number of carbonyl (C=O) groups is 1. The second kappa shape index (κ2) is 11.0. The third-order valence-electron chi connectivity index (χ3n) is 6.40. The Bertz CT molecular complexity index is 900. The summed E-state index contributed by atoms with van der Waals surface area (Å²) in [5, 5.41) is 13.3. The number of aliphatic hydroxyl groups is 1. The van der Waals surface area contributed by atoms with E-state index in [4.69, 9.17) is 4.74 Å². The van der Waals surface area contributed by atoms with Crippen LogP contribution in [-0.2, 0) is 24.1 Å².